The van der Waals surface area contributed by atoms with Crippen molar-refractivity contribution < 1.29 is 0 Å². The van der Waals surface area contributed by atoms with Crippen molar-refractivity contribution in [3.05, 3.63) is 44.3 Å². The van der Waals surface area contributed by atoms with Crippen molar-refractivity contribution in [3.8, 4) is 5.69 Å². The molecule has 0 aliphatic heterocycles. The molecule has 21 heavy (non-hydrogen) atoms. The van der Waals surface area contributed by atoms with Gasteiger partial charge in [-0.3, -0.25) is 9.48 Å². The Kier molecular flexibility index (Phi) is 4.61. The highest BCUT2D eigenvalue weighted by atomic mass is 79.9. The lowest BCUT2D eigenvalue weighted by atomic mass is 10.1. The number of nitrogens with zero attached hydrogens (tertiary/aromatic N) is 2. The van der Waals surface area contributed by atoms with Gasteiger partial charge in [-0.2, -0.15) is 0 Å². The number of aromatic nitrogens is 2. The number of halogens is 1. The maximum atomic E-state index is 12.6. The fraction of sp³-hybridized carbons (Fsp3) is 0.438. The zero-order valence-corrected chi connectivity index (χ0v) is 14.6. The number of nitrogen functional groups attached to an aromatic ring is 1. The molecule has 114 valence electrons. The molecule has 5 heteroatoms. The maximum Gasteiger partial charge on any atom is 0.294 e. The van der Waals surface area contributed by atoms with E-state index in [9.17, 15) is 4.79 Å². The molecule has 0 fully saturated rings. The average molecular weight is 352 g/mol. The van der Waals surface area contributed by atoms with Crippen LogP contribution in [0.3, 0.4) is 0 Å². The minimum absolute atomic E-state index is 0.127. The van der Waals surface area contributed by atoms with Crippen LogP contribution in [0, 0.1) is 6.92 Å². The third kappa shape index (κ3) is 2.79. The standard InChI is InChI=1S/C16H22BrN3O/c1-5-8-19-15(10(2)3)14(18)16(21)20(19)13-7-6-12(17)9-11(13)4/h6-7,9-10H,5,8,18H2,1-4H3. The summed E-state index contributed by atoms with van der Waals surface area (Å²) in [5.74, 6) is 0.209. The Labute approximate surface area is 133 Å². The molecule has 0 aliphatic carbocycles. The number of hydrogen-bond donors (Lipinski definition) is 1. The number of benzene rings is 1. The number of hydrogen-bond acceptors (Lipinski definition) is 2. The van der Waals surface area contributed by atoms with Gasteiger partial charge in [0.25, 0.3) is 5.56 Å². The Hall–Kier alpha value is -1.49. The second-order valence-corrected chi connectivity index (χ2v) is 6.54. The van der Waals surface area contributed by atoms with Gasteiger partial charge < -0.3 is 5.73 Å². The normalized spacial score (nSPS) is 11.3. The molecule has 2 rings (SSSR count). The molecule has 0 atom stereocenters. The summed E-state index contributed by atoms with van der Waals surface area (Å²) in [6.45, 7) is 9.01. The molecule has 1 aromatic carbocycles. The summed E-state index contributed by atoms with van der Waals surface area (Å²) in [4.78, 5) is 12.6. The summed E-state index contributed by atoms with van der Waals surface area (Å²) in [6, 6.07) is 5.91. The van der Waals surface area contributed by atoms with Crippen molar-refractivity contribution in [3.63, 3.8) is 0 Å². The number of aryl methyl sites for hydroxylation is 1. The topological polar surface area (TPSA) is 52.9 Å². The first-order chi connectivity index (χ1) is 9.88. The van der Waals surface area contributed by atoms with E-state index < -0.39 is 0 Å². The van der Waals surface area contributed by atoms with Gasteiger partial charge in [-0.1, -0.05) is 36.7 Å². The molecule has 0 aliphatic rings. The van der Waals surface area contributed by atoms with Crippen molar-refractivity contribution in [1.29, 1.82) is 0 Å². The minimum atomic E-state index is -0.127. The highest BCUT2D eigenvalue weighted by molar-refractivity contribution is 9.10. The zero-order valence-electron chi connectivity index (χ0n) is 13.0. The number of anilines is 1. The van der Waals surface area contributed by atoms with E-state index in [1.807, 2.05) is 29.8 Å². The van der Waals surface area contributed by atoms with E-state index >= 15 is 0 Å². The Balaban J connectivity index is 2.79. The molecule has 1 aromatic heterocycles. The molecule has 2 N–H and O–H groups in total. The Bertz CT molecular complexity index is 713. The number of nitrogens with two attached hydrogens (primary N) is 1. The summed E-state index contributed by atoms with van der Waals surface area (Å²) in [5.41, 5.74) is 9.17. The van der Waals surface area contributed by atoms with E-state index in [-0.39, 0.29) is 11.5 Å². The minimum Gasteiger partial charge on any atom is -0.393 e. The largest absolute Gasteiger partial charge is 0.393 e. The van der Waals surface area contributed by atoms with Crippen LogP contribution in [0.5, 0.6) is 0 Å². The zero-order chi connectivity index (χ0) is 15.7. The van der Waals surface area contributed by atoms with Crippen LogP contribution in [0.1, 0.15) is 44.4 Å². The van der Waals surface area contributed by atoms with Crippen LogP contribution in [-0.2, 0) is 6.54 Å². The van der Waals surface area contributed by atoms with Gasteiger partial charge in [-0.05, 0) is 43.0 Å². The fourth-order valence-electron chi connectivity index (χ4n) is 2.72. The van der Waals surface area contributed by atoms with Gasteiger partial charge in [0, 0.05) is 11.0 Å². The van der Waals surface area contributed by atoms with Crippen LogP contribution >= 0.6 is 15.9 Å². The molecule has 0 saturated heterocycles. The average Bonchev–Trinajstić information content (AvgIpc) is 2.63. The van der Waals surface area contributed by atoms with Gasteiger partial charge in [0.2, 0.25) is 0 Å². The van der Waals surface area contributed by atoms with Gasteiger partial charge in [0.05, 0.1) is 11.4 Å². The highest BCUT2D eigenvalue weighted by Gasteiger charge is 2.21. The van der Waals surface area contributed by atoms with Crippen molar-refractivity contribution >= 4 is 21.6 Å². The maximum absolute atomic E-state index is 12.6. The van der Waals surface area contributed by atoms with E-state index in [0.29, 0.717) is 5.69 Å². The van der Waals surface area contributed by atoms with Crippen molar-refractivity contribution in [1.82, 2.24) is 9.36 Å². The molecule has 4 nitrogen and oxygen atoms in total. The second-order valence-electron chi connectivity index (χ2n) is 5.62. The Morgan fingerprint density at radius 1 is 1.33 bits per heavy atom. The van der Waals surface area contributed by atoms with Crippen LogP contribution < -0.4 is 11.3 Å². The van der Waals surface area contributed by atoms with Crippen molar-refractivity contribution in [2.75, 3.05) is 5.73 Å². The summed E-state index contributed by atoms with van der Waals surface area (Å²) >= 11 is 3.46. The first kappa shape index (κ1) is 15.9. The Morgan fingerprint density at radius 2 is 2.00 bits per heavy atom. The van der Waals surface area contributed by atoms with Crippen LogP contribution in [-0.4, -0.2) is 9.36 Å². The SMILES string of the molecule is CCCn1c(C(C)C)c(N)c(=O)n1-c1ccc(Br)cc1C. The third-order valence-corrected chi connectivity index (χ3v) is 4.08. The summed E-state index contributed by atoms with van der Waals surface area (Å²) < 4.78 is 4.75. The molecule has 0 unspecified atom stereocenters. The van der Waals surface area contributed by atoms with Gasteiger partial charge in [0.1, 0.15) is 5.69 Å². The van der Waals surface area contributed by atoms with E-state index in [1.165, 1.54) is 0 Å². The van der Waals surface area contributed by atoms with Gasteiger partial charge in [0.15, 0.2) is 0 Å². The van der Waals surface area contributed by atoms with Crippen LogP contribution in [0.15, 0.2) is 27.5 Å². The van der Waals surface area contributed by atoms with E-state index in [2.05, 4.69) is 36.7 Å². The van der Waals surface area contributed by atoms with Crippen molar-refractivity contribution in [2.45, 2.75) is 46.6 Å². The molecule has 1 heterocycles. The summed E-state index contributed by atoms with van der Waals surface area (Å²) in [5, 5.41) is 0. The molecule has 0 saturated carbocycles. The molecule has 0 bridgehead atoms. The van der Waals surface area contributed by atoms with E-state index in [1.54, 1.807) is 4.68 Å². The van der Waals surface area contributed by atoms with E-state index in [0.717, 1.165) is 34.4 Å². The second kappa shape index (κ2) is 6.10. The Morgan fingerprint density at radius 3 is 2.52 bits per heavy atom. The van der Waals surface area contributed by atoms with Crippen molar-refractivity contribution in [2.24, 2.45) is 0 Å². The van der Waals surface area contributed by atoms with E-state index in [4.69, 9.17) is 5.73 Å². The predicted molar refractivity (Wildman–Crippen MR) is 91.3 cm³/mol. The van der Waals surface area contributed by atoms with Gasteiger partial charge in [-0.25, -0.2) is 4.68 Å². The summed E-state index contributed by atoms with van der Waals surface area (Å²) in [7, 11) is 0. The van der Waals surface area contributed by atoms with Gasteiger partial charge in [-0.15, -0.1) is 0 Å². The molecular formula is C16H22BrN3O. The molecule has 2 aromatic rings. The predicted octanol–water partition coefficient (Wildman–Crippen LogP) is 3.83. The smallest absolute Gasteiger partial charge is 0.294 e. The molecule has 0 amide bonds. The third-order valence-electron chi connectivity index (χ3n) is 3.59. The lowest BCUT2D eigenvalue weighted by Crippen LogP contribution is -2.23. The first-order valence-electron chi connectivity index (χ1n) is 7.26. The molecule has 0 radical (unpaired) electrons. The molecule has 0 spiro atoms. The fourth-order valence-corrected chi connectivity index (χ4v) is 3.19. The number of rotatable bonds is 4. The summed E-state index contributed by atoms with van der Waals surface area (Å²) in [6.07, 6.45) is 0.947. The van der Waals surface area contributed by atoms with Crippen LogP contribution in [0.25, 0.3) is 5.69 Å². The monoisotopic (exact) mass is 351 g/mol. The van der Waals surface area contributed by atoms with Gasteiger partial charge >= 0.3 is 0 Å². The van der Waals surface area contributed by atoms with Crippen LogP contribution in [0.4, 0.5) is 5.69 Å². The molecular weight excluding hydrogens is 330 g/mol. The first-order valence-corrected chi connectivity index (χ1v) is 8.05. The highest BCUT2D eigenvalue weighted by Crippen LogP contribution is 2.24. The lowest BCUT2D eigenvalue weighted by Gasteiger charge is -2.17. The quantitative estimate of drug-likeness (QED) is 0.909. The van der Waals surface area contributed by atoms with Crippen LogP contribution in [0.2, 0.25) is 0 Å². The lowest BCUT2D eigenvalue weighted by molar-refractivity contribution is 0.502.